The van der Waals surface area contributed by atoms with E-state index in [1.54, 1.807) is 0 Å². The van der Waals surface area contributed by atoms with Gasteiger partial charge in [0.05, 0.1) is 5.60 Å². The van der Waals surface area contributed by atoms with Crippen LogP contribution >= 0.6 is 15.9 Å². The molecule has 0 heterocycles. The maximum absolute atomic E-state index is 10.7. The molecule has 0 saturated heterocycles. The molecule has 0 radical (unpaired) electrons. The Kier molecular flexibility index (Phi) is 2.02. The molecule has 0 spiro atoms. The van der Waals surface area contributed by atoms with Gasteiger partial charge >= 0.3 is 0 Å². The molecule has 0 amide bonds. The molecule has 1 aromatic rings. The molecular formula is C13H15BrO. The monoisotopic (exact) mass is 266 g/mol. The molecule has 2 fully saturated rings. The van der Waals surface area contributed by atoms with E-state index in [1.807, 2.05) is 6.07 Å². The predicted molar refractivity (Wildman–Crippen MR) is 63.6 cm³/mol. The summed E-state index contributed by atoms with van der Waals surface area (Å²) >= 11 is 3.49. The highest BCUT2D eigenvalue weighted by atomic mass is 79.9. The molecular weight excluding hydrogens is 252 g/mol. The Morgan fingerprint density at radius 1 is 1.33 bits per heavy atom. The average Bonchev–Trinajstić information content (AvgIpc) is 2.67. The summed E-state index contributed by atoms with van der Waals surface area (Å²) in [5.41, 5.74) is 1.87. The first-order chi connectivity index (χ1) is 7.14. The van der Waals surface area contributed by atoms with Crippen molar-refractivity contribution < 1.29 is 5.11 Å². The highest BCUT2D eigenvalue weighted by molar-refractivity contribution is 9.10. The molecule has 2 unspecified atom stereocenters. The molecule has 3 rings (SSSR count). The average molecular weight is 267 g/mol. The van der Waals surface area contributed by atoms with Crippen molar-refractivity contribution in [1.82, 2.24) is 0 Å². The van der Waals surface area contributed by atoms with Gasteiger partial charge in [0.25, 0.3) is 0 Å². The third-order valence-corrected chi connectivity index (χ3v) is 4.66. The maximum atomic E-state index is 10.7. The number of aryl methyl sites for hydroxylation is 1. The fourth-order valence-corrected chi connectivity index (χ4v) is 3.71. The summed E-state index contributed by atoms with van der Waals surface area (Å²) < 4.78 is 1.07. The van der Waals surface area contributed by atoms with Crippen molar-refractivity contribution in [2.24, 2.45) is 11.8 Å². The maximum Gasteiger partial charge on any atom is 0.0963 e. The van der Waals surface area contributed by atoms with E-state index in [0.717, 1.165) is 10.0 Å². The number of fused-ring (bicyclic) bond motifs is 1. The Hall–Kier alpha value is -0.340. The minimum absolute atomic E-state index is 0.494. The third kappa shape index (κ3) is 1.24. The second kappa shape index (κ2) is 3.08. The minimum Gasteiger partial charge on any atom is -0.385 e. The number of benzene rings is 1. The second-order valence-electron chi connectivity index (χ2n) is 4.93. The van der Waals surface area contributed by atoms with Crippen LogP contribution in [0.25, 0.3) is 0 Å². The van der Waals surface area contributed by atoms with Crippen molar-refractivity contribution in [3.8, 4) is 0 Å². The Morgan fingerprint density at radius 3 is 2.67 bits per heavy atom. The van der Waals surface area contributed by atoms with Gasteiger partial charge in [0.15, 0.2) is 0 Å². The first kappa shape index (κ1) is 9.86. The zero-order valence-electron chi connectivity index (χ0n) is 8.83. The van der Waals surface area contributed by atoms with Crippen LogP contribution < -0.4 is 0 Å². The van der Waals surface area contributed by atoms with Crippen LogP contribution in [0.4, 0.5) is 0 Å². The van der Waals surface area contributed by atoms with Gasteiger partial charge in [0, 0.05) is 4.47 Å². The van der Waals surface area contributed by atoms with E-state index in [1.165, 1.54) is 24.8 Å². The molecule has 2 aliphatic rings. The van der Waals surface area contributed by atoms with E-state index in [4.69, 9.17) is 0 Å². The van der Waals surface area contributed by atoms with Crippen LogP contribution in [0.1, 0.15) is 30.4 Å². The summed E-state index contributed by atoms with van der Waals surface area (Å²) in [6.45, 7) is 2.09. The summed E-state index contributed by atoms with van der Waals surface area (Å²) in [6, 6.07) is 6.22. The third-order valence-electron chi connectivity index (χ3n) is 4.17. The largest absolute Gasteiger partial charge is 0.385 e. The van der Waals surface area contributed by atoms with Crippen LogP contribution in [-0.4, -0.2) is 5.11 Å². The number of hydrogen-bond acceptors (Lipinski definition) is 1. The van der Waals surface area contributed by atoms with Gasteiger partial charge in [0.2, 0.25) is 0 Å². The van der Waals surface area contributed by atoms with E-state index in [2.05, 4.69) is 35.0 Å². The lowest BCUT2D eigenvalue weighted by atomic mass is 9.95. The predicted octanol–water partition coefficient (Wildman–Crippen LogP) is 3.38. The first-order valence-corrected chi connectivity index (χ1v) is 6.42. The Morgan fingerprint density at radius 2 is 2.00 bits per heavy atom. The number of aliphatic hydroxyl groups is 1. The van der Waals surface area contributed by atoms with Crippen molar-refractivity contribution in [3.05, 3.63) is 33.8 Å². The van der Waals surface area contributed by atoms with Crippen LogP contribution in [0.3, 0.4) is 0 Å². The van der Waals surface area contributed by atoms with E-state index in [-0.39, 0.29) is 0 Å². The number of halogens is 1. The van der Waals surface area contributed by atoms with Gasteiger partial charge in [-0.05, 0) is 54.9 Å². The van der Waals surface area contributed by atoms with E-state index >= 15 is 0 Å². The Labute approximate surface area is 98.6 Å². The van der Waals surface area contributed by atoms with Gasteiger partial charge in [0.1, 0.15) is 0 Å². The summed E-state index contributed by atoms with van der Waals surface area (Å²) in [4.78, 5) is 0. The summed E-state index contributed by atoms with van der Waals surface area (Å²) in [5, 5.41) is 10.7. The van der Waals surface area contributed by atoms with Crippen molar-refractivity contribution >= 4 is 15.9 Å². The summed E-state index contributed by atoms with van der Waals surface area (Å²) in [5.74, 6) is 1.07. The molecule has 80 valence electrons. The van der Waals surface area contributed by atoms with Crippen LogP contribution in [0.15, 0.2) is 22.7 Å². The molecule has 1 nitrogen and oxygen atoms in total. The minimum atomic E-state index is -0.494. The summed E-state index contributed by atoms with van der Waals surface area (Å²) in [6.07, 6.45) is 3.70. The zero-order valence-corrected chi connectivity index (χ0v) is 10.4. The Bertz CT molecular complexity index is 403. The van der Waals surface area contributed by atoms with Crippen molar-refractivity contribution in [2.75, 3.05) is 0 Å². The van der Waals surface area contributed by atoms with Crippen molar-refractivity contribution in [2.45, 2.75) is 31.8 Å². The van der Waals surface area contributed by atoms with Crippen LogP contribution in [0.2, 0.25) is 0 Å². The molecule has 2 saturated carbocycles. The lowest BCUT2D eigenvalue weighted by Crippen LogP contribution is -2.14. The number of rotatable bonds is 1. The molecule has 0 aliphatic heterocycles. The van der Waals surface area contributed by atoms with Gasteiger partial charge in [-0.15, -0.1) is 0 Å². The SMILES string of the molecule is Cc1ccc(Br)cc1C1(O)C2CCCC21. The standard InChI is InChI=1S/C13H15BrO/c1-8-5-6-9(14)7-12(8)13(15)10-3-2-4-11(10)13/h5-7,10-11,15H,2-4H2,1H3. The van der Waals surface area contributed by atoms with Crippen LogP contribution in [0, 0.1) is 18.8 Å². The van der Waals surface area contributed by atoms with Crippen LogP contribution in [-0.2, 0) is 5.60 Å². The second-order valence-corrected chi connectivity index (χ2v) is 5.84. The fourth-order valence-electron chi connectivity index (χ4n) is 3.35. The quantitative estimate of drug-likeness (QED) is 0.827. The van der Waals surface area contributed by atoms with E-state index in [9.17, 15) is 5.11 Å². The van der Waals surface area contributed by atoms with Gasteiger partial charge in [-0.25, -0.2) is 0 Å². The highest BCUT2D eigenvalue weighted by Crippen LogP contribution is 2.66. The summed E-state index contributed by atoms with van der Waals surface area (Å²) in [7, 11) is 0. The molecule has 2 heteroatoms. The smallest absolute Gasteiger partial charge is 0.0963 e. The molecule has 2 aliphatic carbocycles. The van der Waals surface area contributed by atoms with Gasteiger partial charge in [-0.3, -0.25) is 0 Å². The van der Waals surface area contributed by atoms with Crippen molar-refractivity contribution in [1.29, 1.82) is 0 Å². The van der Waals surface area contributed by atoms with E-state index in [0.29, 0.717) is 11.8 Å². The van der Waals surface area contributed by atoms with Gasteiger partial charge in [-0.1, -0.05) is 28.4 Å². The fraction of sp³-hybridized carbons (Fsp3) is 0.538. The zero-order chi connectivity index (χ0) is 10.6. The Balaban J connectivity index is 2.03. The topological polar surface area (TPSA) is 20.2 Å². The highest BCUT2D eigenvalue weighted by Gasteiger charge is 2.66. The molecule has 1 N–H and O–H groups in total. The molecule has 2 atom stereocenters. The normalized spacial score (nSPS) is 37.8. The molecule has 1 aromatic carbocycles. The molecule has 0 bridgehead atoms. The van der Waals surface area contributed by atoms with E-state index < -0.39 is 5.60 Å². The first-order valence-electron chi connectivity index (χ1n) is 5.63. The molecule has 0 aromatic heterocycles. The van der Waals surface area contributed by atoms with Gasteiger partial charge < -0.3 is 5.11 Å². The lowest BCUT2D eigenvalue weighted by Gasteiger charge is -2.17. The van der Waals surface area contributed by atoms with Crippen LogP contribution in [0.5, 0.6) is 0 Å². The lowest BCUT2D eigenvalue weighted by molar-refractivity contribution is 0.105. The molecule has 15 heavy (non-hydrogen) atoms. The number of hydrogen-bond donors (Lipinski definition) is 1. The van der Waals surface area contributed by atoms with Gasteiger partial charge in [-0.2, -0.15) is 0 Å². The van der Waals surface area contributed by atoms with Crippen molar-refractivity contribution in [3.63, 3.8) is 0 Å².